The normalized spacial score (nSPS) is 16.3. The summed E-state index contributed by atoms with van der Waals surface area (Å²) in [7, 11) is 0. The number of aromatic amines is 1. The fourth-order valence-corrected chi connectivity index (χ4v) is 3.27. The number of benzene rings is 1. The lowest BCUT2D eigenvalue weighted by Gasteiger charge is -2.21. The zero-order valence-corrected chi connectivity index (χ0v) is 14.7. The third-order valence-electron chi connectivity index (χ3n) is 4.99. The molecule has 1 aliphatic heterocycles. The fourth-order valence-electron chi connectivity index (χ4n) is 3.27. The minimum atomic E-state index is -0.257. The number of H-pyrrole nitrogens is 1. The number of nitrogens with one attached hydrogen (secondary N) is 2. The zero-order chi connectivity index (χ0) is 18.3. The number of hydrogen-bond donors (Lipinski definition) is 2. The number of aryl methyl sites for hydroxylation is 2. The van der Waals surface area contributed by atoms with Gasteiger partial charge in [0.2, 0.25) is 5.91 Å². The van der Waals surface area contributed by atoms with E-state index in [9.17, 15) is 9.59 Å². The Kier molecular flexibility index (Phi) is 3.95. The van der Waals surface area contributed by atoms with Crippen LogP contribution in [0, 0.1) is 19.8 Å². The minimum absolute atomic E-state index is 0.0776. The number of amides is 1. The van der Waals surface area contributed by atoms with Gasteiger partial charge in [0.05, 0.1) is 17.9 Å². The molecule has 3 aromatic rings. The molecular formula is C18H20N6O2. The third-order valence-corrected chi connectivity index (χ3v) is 4.99. The first-order valence-corrected chi connectivity index (χ1v) is 8.59. The lowest BCUT2D eigenvalue weighted by molar-refractivity contribution is -0.120. The summed E-state index contributed by atoms with van der Waals surface area (Å²) < 4.78 is 3.55. The van der Waals surface area contributed by atoms with Gasteiger partial charge in [-0.05, 0) is 44.5 Å². The van der Waals surface area contributed by atoms with Crippen molar-refractivity contribution in [1.82, 2.24) is 24.3 Å². The van der Waals surface area contributed by atoms with Gasteiger partial charge in [0, 0.05) is 30.0 Å². The molecule has 0 spiro atoms. The number of hydrogen-bond acceptors (Lipinski definition) is 4. The van der Waals surface area contributed by atoms with E-state index in [0.717, 1.165) is 28.6 Å². The van der Waals surface area contributed by atoms with Crippen LogP contribution in [0.3, 0.4) is 0 Å². The van der Waals surface area contributed by atoms with Crippen molar-refractivity contribution >= 4 is 11.6 Å². The highest BCUT2D eigenvalue weighted by Gasteiger charge is 2.26. The number of carbonyl (C=O) groups excluding carboxylic acids is 1. The first kappa shape index (κ1) is 16.3. The first-order chi connectivity index (χ1) is 12.5. The summed E-state index contributed by atoms with van der Waals surface area (Å²) in [4.78, 5) is 28.6. The van der Waals surface area contributed by atoms with Gasteiger partial charge in [-0.2, -0.15) is 5.10 Å². The summed E-state index contributed by atoms with van der Waals surface area (Å²) >= 11 is 0. The molecule has 2 N–H and O–H groups in total. The van der Waals surface area contributed by atoms with E-state index >= 15 is 0 Å². The molecule has 0 bridgehead atoms. The lowest BCUT2D eigenvalue weighted by Crippen LogP contribution is -2.34. The molecule has 1 atom stereocenters. The van der Waals surface area contributed by atoms with Gasteiger partial charge < -0.3 is 9.88 Å². The summed E-state index contributed by atoms with van der Waals surface area (Å²) in [6.07, 6.45) is 3.09. The zero-order valence-electron chi connectivity index (χ0n) is 14.7. The highest BCUT2D eigenvalue weighted by atomic mass is 16.2. The fraction of sp³-hybridized carbons (Fsp3) is 0.333. The number of carbonyl (C=O) groups is 1. The molecule has 134 valence electrons. The largest absolute Gasteiger partial charge is 0.343 e. The van der Waals surface area contributed by atoms with Crippen molar-refractivity contribution in [3.05, 3.63) is 58.3 Å². The molecule has 0 fully saturated rings. The number of aromatic nitrogens is 5. The van der Waals surface area contributed by atoms with Crippen LogP contribution in [0.2, 0.25) is 0 Å². The first-order valence-electron chi connectivity index (χ1n) is 8.59. The molecule has 0 saturated heterocycles. The predicted molar refractivity (Wildman–Crippen MR) is 96.3 cm³/mol. The monoisotopic (exact) mass is 352 g/mol. The Balaban J connectivity index is 1.46. The van der Waals surface area contributed by atoms with Gasteiger partial charge in [0.15, 0.2) is 0 Å². The van der Waals surface area contributed by atoms with E-state index in [0.29, 0.717) is 19.4 Å². The summed E-state index contributed by atoms with van der Waals surface area (Å²) in [5, 5.41) is 9.35. The molecule has 1 unspecified atom stereocenters. The maximum Gasteiger partial charge on any atom is 0.343 e. The van der Waals surface area contributed by atoms with E-state index in [-0.39, 0.29) is 17.5 Å². The van der Waals surface area contributed by atoms with Crippen molar-refractivity contribution in [1.29, 1.82) is 0 Å². The predicted octanol–water partition coefficient (Wildman–Crippen LogP) is 1.58. The second-order valence-corrected chi connectivity index (χ2v) is 6.61. The van der Waals surface area contributed by atoms with Crippen molar-refractivity contribution in [2.24, 2.45) is 5.92 Å². The number of nitrogens with zero attached hydrogens (tertiary/aromatic N) is 4. The van der Waals surface area contributed by atoms with Crippen LogP contribution in [0.1, 0.15) is 23.6 Å². The number of anilines is 1. The molecule has 8 heteroatoms. The van der Waals surface area contributed by atoms with Crippen LogP contribution < -0.4 is 11.0 Å². The molecule has 1 aromatic carbocycles. The summed E-state index contributed by atoms with van der Waals surface area (Å²) in [6.45, 7) is 4.36. The second-order valence-electron chi connectivity index (χ2n) is 6.61. The summed E-state index contributed by atoms with van der Waals surface area (Å²) in [6, 6.07) is 7.65. The molecule has 2 aromatic heterocycles. The Hall–Kier alpha value is -3.16. The van der Waals surface area contributed by atoms with Crippen LogP contribution >= 0.6 is 0 Å². The molecule has 1 amide bonds. The van der Waals surface area contributed by atoms with Crippen LogP contribution in [0.4, 0.5) is 5.69 Å². The molecule has 4 rings (SSSR count). The maximum absolute atomic E-state index is 12.6. The van der Waals surface area contributed by atoms with Crippen molar-refractivity contribution in [2.45, 2.75) is 33.2 Å². The maximum atomic E-state index is 12.6. The molecular weight excluding hydrogens is 332 g/mol. The van der Waals surface area contributed by atoms with Gasteiger partial charge in [-0.1, -0.05) is 0 Å². The Morgan fingerprint density at radius 3 is 2.73 bits per heavy atom. The van der Waals surface area contributed by atoms with Crippen LogP contribution in [0.15, 0.2) is 35.4 Å². The van der Waals surface area contributed by atoms with Crippen LogP contribution in [-0.4, -0.2) is 30.2 Å². The topological polar surface area (TPSA) is 97.6 Å². The Morgan fingerprint density at radius 2 is 2.04 bits per heavy atom. The van der Waals surface area contributed by atoms with Crippen molar-refractivity contribution in [3.8, 4) is 5.69 Å². The van der Waals surface area contributed by atoms with Crippen LogP contribution in [0.25, 0.3) is 5.69 Å². The molecule has 26 heavy (non-hydrogen) atoms. The Labute approximate surface area is 149 Å². The van der Waals surface area contributed by atoms with Crippen molar-refractivity contribution in [2.75, 3.05) is 5.32 Å². The van der Waals surface area contributed by atoms with E-state index < -0.39 is 0 Å². The molecule has 0 saturated carbocycles. The molecule has 0 radical (unpaired) electrons. The lowest BCUT2D eigenvalue weighted by atomic mass is 9.98. The standard InChI is InChI=1S/C18H20N6O2/c1-11-12(2)24(10-19-11)15-6-4-14(5-7-15)20-17(25)13-3-8-16-21-22-18(26)23(16)9-13/h4-7,10,13H,3,8-9H2,1-2H3,(H,20,25)(H,22,26). The van der Waals surface area contributed by atoms with Crippen molar-refractivity contribution in [3.63, 3.8) is 0 Å². The van der Waals surface area contributed by atoms with Gasteiger partial charge in [-0.15, -0.1) is 0 Å². The van der Waals surface area contributed by atoms with Gasteiger partial charge in [0.1, 0.15) is 5.82 Å². The molecule has 1 aliphatic rings. The number of imidazole rings is 1. The SMILES string of the molecule is Cc1ncn(-c2ccc(NC(=O)C3CCc4n[nH]c(=O)n4C3)cc2)c1C. The highest BCUT2D eigenvalue weighted by Crippen LogP contribution is 2.20. The molecule has 0 aliphatic carbocycles. The average molecular weight is 352 g/mol. The van der Waals surface area contributed by atoms with Gasteiger partial charge >= 0.3 is 5.69 Å². The number of fused-ring (bicyclic) bond motifs is 1. The molecule has 8 nitrogen and oxygen atoms in total. The third kappa shape index (κ3) is 2.83. The van der Waals surface area contributed by atoms with Gasteiger partial charge in [0.25, 0.3) is 0 Å². The van der Waals surface area contributed by atoms with Gasteiger partial charge in [-0.25, -0.2) is 14.9 Å². The summed E-state index contributed by atoms with van der Waals surface area (Å²) in [5.41, 5.74) is 3.55. The summed E-state index contributed by atoms with van der Waals surface area (Å²) in [5.74, 6) is 0.400. The highest BCUT2D eigenvalue weighted by molar-refractivity contribution is 5.92. The van der Waals surface area contributed by atoms with Crippen molar-refractivity contribution < 1.29 is 4.79 Å². The second kappa shape index (κ2) is 6.29. The smallest absolute Gasteiger partial charge is 0.326 e. The Morgan fingerprint density at radius 1 is 1.27 bits per heavy atom. The van der Waals surface area contributed by atoms with Crippen LogP contribution in [0.5, 0.6) is 0 Å². The average Bonchev–Trinajstić information content (AvgIpc) is 3.18. The van der Waals surface area contributed by atoms with E-state index in [1.54, 1.807) is 10.9 Å². The van der Waals surface area contributed by atoms with E-state index in [4.69, 9.17) is 0 Å². The van der Waals surface area contributed by atoms with E-state index in [1.165, 1.54) is 0 Å². The Bertz CT molecular complexity index is 1010. The quantitative estimate of drug-likeness (QED) is 0.748. The van der Waals surface area contributed by atoms with Crippen LogP contribution in [-0.2, 0) is 17.8 Å². The minimum Gasteiger partial charge on any atom is -0.326 e. The van der Waals surface area contributed by atoms with E-state index in [1.807, 2.05) is 42.7 Å². The molecule has 3 heterocycles. The van der Waals surface area contributed by atoms with E-state index in [2.05, 4.69) is 20.5 Å². The van der Waals surface area contributed by atoms with Gasteiger partial charge in [-0.3, -0.25) is 9.36 Å². The number of rotatable bonds is 3.